The van der Waals surface area contributed by atoms with E-state index >= 15 is 0 Å². The van der Waals surface area contributed by atoms with Crippen LogP contribution in [0.2, 0.25) is 0 Å². The summed E-state index contributed by atoms with van der Waals surface area (Å²) in [7, 11) is 1.95. The first-order valence-electron chi connectivity index (χ1n) is 14.2. The van der Waals surface area contributed by atoms with Crippen LogP contribution in [0.1, 0.15) is 81.8 Å². The second-order valence-electron chi connectivity index (χ2n) is 12.6. The van der Waals surface area contributed by atoms with E-state index in [2.05, 4.69) is 11.0 Å². The molecule has 6 nitrogen and oxygen atoms in total. The Kier molecular flexibility index (Phi) is 5.03. The number of aromatic hydroxyl groups is 1. The highest BCUT2D eigenvalue weighted by Gasteiger charge is 2.73. The summed E-state index contributed by atoms with van der Waals surface area (Å²) in [6.07, 6.45) is 12.1. The predicted molar refractivity (Wildman–Crippen MR) is 133 cm³/mol. The third-order valence-electron chi connectivity index (χ3n) is 10.8. The largest absolute Gasteiger partial charge is 0.504 e. The summed E-state index contributed by atoms with van der Waals surface area (Å²) in [5.74, 6) is 2.23. The van der Waals surface area contributed by atoms with Gasteiger partial charge in [-0.05, 0) is 81.4 Å². The number of aliphatic hydroxyl groups is 1. The number of piperidine rings is 1. The predicted octanol–water partition coefficient (Wildman–Crippen LogP) is 3.75. The van der Waals surface area contributed by atoms with E-state index in [1.165, 1.54) is 37.7 Å². The van der Waals surface area contributed by atoms with Gasteiger partial charge < -0.3 is 19.8 Å². The van der Waals surface area contributed by atoms with Crippen LogP contribution in [0, 0.1) is 11.8 Å². The van der Waals surface area contributed by atoms with Crippen molar-refractivity contribution in [1.29, 1.82) is 0 Å². The first kappa shape index (κ1) is 22.4. The van der Waals surface area contributed by atoms with Gasteiger partial charge in [-0.2, -0.15) is 0 Å². The summed E-state index contributed by atoms with van der Waals surface area (Å²) < 4.78 is 6.65. The zero-order valence-electron chi connectivity index (χ0n) is 21.0. The molecule has 2 heterocycles. The van der Waals surface area contributed by atoms with Crippen molar-refractivity contribution >= 4 is 5.91 Å². The molecule has 35 heavy (non-hydrogen) atoms. The molecular formula is C29H40N2O4. The van der Waals surface area contributed by atoms with Crippen molar-refractivity contribution in [2.24, 2.45) is 11.8 Å². The number of rotatable bonds is 5. The smallest absolute Gasteiger partial charge is 0.222 e. The third-order valence-corrected chi connectivity index (χ3v) is 10.8. The Labute approximate surface area is 208 Å². The van der Waals surface area contributed by atoms with Crippen molar-refractivity contribution in [3.05, 3.63) is 23.3 Å². The number of likely N-dealkylation sites (tertiary alicyclic amines) is 1. The van der Waals surface area contributed by atoms with E-state index in [9.17, 15) is 15.0 Å². The average molecular weight is 481 g/mol. The minimum Gasteiger partial charge on any atom is -0.504 e. The maximum atomic E-state index is 13.5. The van der Waals surface area contributed by atoms with Crippen molar-refractivity contribution in [1.82, 2.24) is 9.80 Å². The average Bonchev–Trinajstić information content (AvgIpc) is 3.60. The van der Waals surface area contributed by atoms with Crippen molar-refractivity contribution in [2.45, 2.75) is 106 Å². The zero-order valence-corrected chi connectivity index (χ0v) is 21.0. The zero-order chi connectivity index (χ0) is 23.9. The molecule has 6 heteroatoms. The van der Waals surface area contributed by atoms with Gasteiger partial charge in [-0.25, -0.2) is 0 Å². The fourth-order valence-corrected chi connectivity index (χ4v) is 8.82. The normalized spacial score (nSPS) is 38.1. The van der Waals surface area contributed by atoms with Gasteiger partial charge in [0.1, 0.15) is 6.10 Å². The fourth-order valence-electron chi connectivity index (χ4n) is 8.82. The molecule has 190 valence electrons. The van der Waals surface area contributed by atoms with Crippen molar-refractivity contribution in [3.8, 4) is 11.5 Å². The maximum Gasteiger partial charge on any atom is 0.222 e. The van der Waals surface area contributed by atoms with Crippen LogP contribution in [0.3, 0.4) is 0 Å². The fraction of sp³-hybridized carbons (Fsp3) is 0.759. The van der Waals surface area contributed by atoms with E-state index in [1.54, 1.807) is 6.07 Å². The van der Waals surface area contributed by atoms with Crippen molar-refractivity contribution in [3.63, 3.8) is 0 Å². The number of carbonyl (C=O) groups excluding carboxylic acids is 1. The number of hydrogen-bond acceptors (Lipinski definition) is 5. The number of phenols is 1. The van der Waals surface area contributed by atoms with Gasteiger partial charge in [0.25, 0.3) is 0 Å². The molecule has 2 bridgehead atoms. The third kappa shape index (κ3) is 3.11. The minimum atomic E-state index is -0.888. The van der Waals surface area contributed by atoms with Crippen LogP contribution in [0.5, 0.6) is 11.5 Å². The standard InChI is InChI=1S/C29H40N2O4/c1-30(24(33)15-18-5-3-2-4-6-18)21-11-12-29(34)23-16-20-9-10-22(32)26-25(20)28(29,27(21)35-26)13-14-31(23)17-19-7-8-19/h9-10,18-19,21,23,27,32,34H,2-8,11-17H2,1H3/t21-,23-,27+,28+,29-/m1/s1. The summed E-state index contributed by atoms with van der Waals surface area (Å²) >= 11 is 0. The van der Waals surface area contributed by atoms with E-state index in [0.717, 1.165) is 56.7 Å². The van der Waals surface area contributed by atoms with Gasteiger partial charge in [-0.15, -0.1) is 0 Å². The summed E-state index contributed by atoms with van der Waals surface area (Å²) in [4.78, 5) is 18.0. The Morgan fingerprint density at radius 2 is 1.91 bits per heavy atom. The highest BCUT2D eigenvalue weighted by molar-refractivity contribution is 5.77. The molecule has 0 aromatic heterocycles. The Bertz CT molecular complexity index is 1030. The molecule has 1 saturated heterocycles. The number of hydrogen-bond donors (Lipinski definition) is 2. The Morgan fingerprint density at radius 3 is 2.69 bits per heavy atom. The Hall–Kier alpha value is -1.79. The van der Waals surface area contributed by atoms with Crippen LogP contribution in [0.15, 0.2) is 12.1 Å². The lowest BCUT2D eigenvalue weighted by Gasteiger charge is -2.64. The molecule has 1 aromatic carbocycles. The molecule has 0 radical (unpaired) electrons. The van der Waals surface area contributed by atoms with E-state index in [1.807, 2.05) is 11.9 Å². The van der Waals surface area contributed by atoms with Crippen LogP contribution in [-0.4, -0.2) is 69.8 Å². The molecule has 4 aliphatic carbocycles. The van der Waals surface area contributed by atoms with Gasteiger partial charge in [0, 0.05) is 31.6 Å². The molecule has 3 saturated carbocycles. The lowest BCUT2D eigenvalue weighted by molar-refractivity contribution is -0.200. The number of likely N-dealkylation sites (N-methyl/N-ethyl adjacent to an activating group) is 1. The van der Waals surface area contributed by atoms with Gasteiger partial charge in [0.05, 0.1) is 17.1 Å². The van der Waals surface area contributed by atoms with Crippen LogP contribution < -0.4 is 4.74 Å². The molecule has 1 spiro atoms. The van der Waals surface area contributed by atoms with Gasteiger partial charge in [-0.3, -0.25) is 9.69 Å². The molecule has 1 aromatic rings. The molecule has 2 N–H and O–H groups in total. The number of ether oxygens (including phenoxy) is 1. The van der Waals surface area contributed by atoms with Crippen molar-refractivity contribution < 1.29 is 19.7 Å². The highest BCUT2D eigenvalue weighted by Crippen LogP contribution is 2.66. The number of phenolic OH excluding ortho intramolecular Hbond substituents is 1. The van der Waals surface area contributed by atoms with E-state index in [-0.39, 0.29) is 29.8 Å². The molecule has 5 atom stereocenters. The quantitative estimate of drug-likeness (QED) is 0.672. The van der Waals surface area contributed by atoms with E-state index in [4.69, 9.17) is 4.74 Å². The van der Waals surface area contributed by atoms with Gasteiger partial charge >= 0.3 is 0 Å². The maximum absolute atomic E-state index is 13.5. The van der Waals surface area contributed by atoms with Gasteiger partial charge in [-0.1, -0.05) is 25.3 Å². The van der Waals surface area contributed by atoms with Crippen molar-refractivity contribution in [2.75, 3.05) is 20.1 Å². The second kappa shape index (κ2) is 7.85. The number of amides is 1. The first-order valence-corrected chi connectivity index (χ1v) is 14.2. The van der Waals surface area contributed by atoms with Crippen LogP contribution in [-0.2, 0) is 16.6 Å². The molecule has 1 amide bonds. The number of benzene rings is 1. The summed E-state index contributed by atoms with van der Waals surface area (Å²) in [6, 6.07) is 3.81. The number of nitrogens with zero attached hydrogens (tertiary/aromatic N) is 2. The minimum absolute atomic E-state index is 0.0788. The molecule has 2 aliphatic heterocycles. The molecule has 6 aliphatic rings. The first-order chi connectivity index (χ1) is 16.9. The molecular weight excluding hydrogens is 440 g/mol. The van der Waals surface area contributed by atoms with E-state index < -0.39 is 11.0 Å². The summed E-state index contributed by atoms with van der Waals surface area (Å²) in [6.45, 7) is 2.03. The molecule has 7 rings (SSSR count). The van der Waals surface area contributed by atoms with E-state index in [0.29, 0.717) is 24.5 Å². The topological polar surface area (TPSA) is 73.2 Å². The van der Waals surface area contributed by atoms with Gasteiger partial charge in [0.15, 0.2) is 11.5 Å². The van der Waals surface area contributed by atoms with Crippen LogP contribution in [0.4, 0.5) is 0 Å². The van der Waals surface area contributed by atoms with Gasteiger partial charge in [0.2, 0.25) is 5.91 Å². The Morgan fingerprint density at radius 1 is 1.11 bits per heavy atom. The van der Waals surface area contributed by atoms with Crippen LogP contribution in [0.25, 0.3) is 0 Å². The van der Waals surface area contributed by atoms with Crippen LogP contribution >= 0.6 is 0 Å². The summed E-state index contributed by atoms with van der Waals surface area (Å²) in [5, 5.41) is 23.4. The SMILES string of the molecule is CN(C(=O)CC1CCCCC1)[C@@H]1CC[C@@]2(O)[C@H]3Cc4ccc(O)c5c4[C@@]2(CCN3CC2CC2)[C@H]1O5. The lowest BCUT2D eigenvalue weighted by Crippen LogP contribution is -2.78. The molecule has 4 fully saturated rings. The highest BCUT2D eigenvalue weighted by atomic mass is 16.5. The monoisotopic (exact) mass is 480 g/mol. The lowest BCUT2D eigenvalue weighted by atomic mass is 9.48. The Balaban J connectivity index is 1.25. The number of carbonyl (C=O) groups is 1. The summed E-state index contributed by atoms with van der Waals surface area (Å²) in [5.41, 5.74) is 0.819. The second-order valence-corrected chi connectivity index (χ2v) is 12.6. The molecule has 0 unspecified atom stereocenters.